The summed E-state index contributed by atoms with van der Waals surface area (Å²) >= 11 is 0. The molecule has 4 aromatic carbocycles. The summed E-state index contributed by atoms with van der Waals surface area (Å²) < 4.78 is 5.57. The molecule has 0 aliphatic carbocycles. The Hall–Kier alpha value is -3.75. The number of aliphatic imine (C=N–C) groups is 1. The SMILES string of the molecule is CCC1C(c2ccc([C@H](C)OC)cc2)=NC(c2ccc(-c3ccc(C)cc3)cc2)=C(C)C(C)C1c1ccccc1. The van der Waals surface area contributed by atoms with E-state index in [1.807, 2.05) is 0 Å². The fourth-order valence-electron chi connectivity index (χ4n) is 6.14. The molecule has 0 saturated heterocycles. The van der Waals surface area contributed by atoms with Gasteiger partial charge in [0.2, 0.25) is 0 Å². The Balaban J connectivity index is 1.64. The van der Waals surface area contributed by atoms with Crippen molar-refractivity contribution < 1.29 is 4.74 Å². The molecule has 4 aromatic rings. The maximum atomic E-state index is 5.57. The number of benzene rings is 4. The Labute approximate surface area is 240 Å². The van der Waals surface area contributed by atoms with Crippen LogP contribution in [0.3, 0.4) is 0 Å². The standard InChI is InChI=1S/C38H41NO/c1-7-35-36(32-11-9-8-10-12-32)26(3)27(4)37(39-38(35)34-21-17-29(18-22-34)28(5)40-6)33-23-19-31(20-24-33)30-15-13-25(2)14-16-30/h8-24,26,28,35-36H,7H2,1-6H3/t26?,28-,35?,36?/m0/s1. The normalized spacial score (nSPS) is 20.1. The maximum Gasteiger partial charge on any atom is 0.0793 e. The van der Waals surface area contributed by atoms with Crippen LogP contribution in [-0.4, -0.2) is 12.8 Å². The van der Waals surface area contributed by atoms with Crippen molar-refractivity contribution in [2.75, 3.05) is 7.11 Å². The van der Waals surface area contributed by atoms with E-state index >= 15 is 0 Å². The van der Waals surface area contributed by atoms with Crippen LogP contribution in [-0.2, 0) is 4.74 Å². The molecule has 4 atom stereocenters. The zero-order valence-electron chi connectivity index (χ0n) is 24.7. The van der Waals surface area contributed by atoms with E-state index in [0.29, 0.717) is 17.8 Å². The van der Waals surface area contributed by atoms with Gasteiger partial charge >= 0.3 is 0 Å². The Morgan fingerprint density at radius 2 is 1.27 bits per heavy atom. The van der Waals surface area contributed by atoms with Crippen LogP contribution in [0.5, 0.6) is 0 Å². The van der Waals surface area contributed by atoms with Gasteiger partial charge in [0.25, 0.3) is 0 Å². The summed E-state index contributed by atoms with van der Waals surface area (Å²) in [4.78, 5) is 5.55. The minimum atomic E-state index is 0.0638. The molecule has 2 heteroatoms. The number of methoxy groups -OCH3 is 1. The van der Waals surface area contributed by atoms with E-state index in [1.165, 1.54) is 50.2 Å². The molecule has 0 amide bonds. The first-order chi connectivity index (χ1) is 19.4. The van der Waals surface area contributed by atoms with Crippen LogP contribution in [0.2, 0.25) is 0 Å². The first kappa shape index (κ1) is 27.8. The van der Waals surface area contributed by atoms with Gasteiger partial charge in [0.05, 0.1) is 17.5 Å². The third-order valence-corrected chi connectivity index (χ3v) is 8.81. The lowest BCUT2D eigenvalue weighted by atomic mass is 9.71. The summed E-state index contributed by atoms with van der Waals surface area (Å²) in [5, 5.41) is 0. The maximum absolute atomic E-state index is 5.57. The first-order valence-electron chi connectivity index (χ1n) is 14.6. The number of rotatable bonds is 7. The van der Waals surface area contributed by atoms with Gasteiger partial charge < -0.3 is 4.74 Å². The minimum Gasteiger partial charge on any atom is -0.377 e. The predicted octanol–water partition coefficient (Wildman–Crippen LogP) is 10.0. The van der Waals surface area contributed by atoms with E-state index in [2.05, 4.69) is 138 Å². The van der Waals surface area contributed by atoms with E-state index in [-0.39, 0.29) is 6.10 Å². The number of ether oxygens (including phenoxy) is 1. The van der Waals surface area contributed by atoms with Crippen LogP contribution in [0, 0.1) is 18.8 Å². The van der Waals surface area contributed by atoms with Crippen LogP contribution in [0.15, 0.2) is 114 Å². The third-order valence-electron chi connectivity index (χ3n) is 8.81. The molecular formula is C38H41NO. The van der Waals surface area contributed by atoms with Gasteiger partial charge in [-0.1, -0.05) is 123 Å². The summed E-state index contributed by atoms with van der Waals surface area (Å²) in [6.45, 7) is 11.2. The second-order valence-corrected chi connectivity index (χ2v) is 11.2. The molecule has 40 heavy (non-hydrogen) atoms. The van der Waals surface area contributed by atoms with Crippen molar-refractivity contribution in [3.05, 3.63) is 137 Å². The summed E-state index contributed by atoms with van der Waals surface area (Å²) in [5.41, 5.74) is 12.3. The lowest BCUT2D eigenvalue weighted by Crippen LogP contribution is -2.26. The monoisotopic (exact) mass is 527 g/mol. The zero-order valence-corrected chi connectivity index (χ0v) is 24.7. The van der Waals surface area contributed by atoms with E-state index in [9.17, 15) is 0 Å². The van der Waals surface area contributed by atoms with Crippen LogP contribution < -0.4 is 0 Å². The molecular weight excluding hydrogens is 486 g/mol. The van der Waals surface area contributed by atoms with E-state index in [1.54, 1.807) is 7.11 Å². The second-order valence-electron chi connectivity index (χ2n) is 11.2. The second kappa shape index (κ2) is 12.2. The molecule has 0 fully saturated rings. The van der Waals surface area contributed by atoms with Crippen LogP contribution >= 0.6 is 0 Å². The van der Waals surface area contributed by atoms with Gasteiger partial charge in [0.1, 0.15) is 0 Å². The molecule has 5 rings (SSSR count). The van der Waals surface area contributed by atoms with Crippen molar-refractivity contribution in [1.82, 2.24) is 0 Å². The van der Waals surface area contributed by atoms with Gasteiger partial charge in [0.15, 0.2) is 0 Å². The fourth-order valence-corrected chi connectivity index (χ4v) is 6.14. The molecule has 1 aliphatic rings. The molecule has 0 bridgehead atoms. The van der Waals surface area contributed by atoms with Crippen molar-refractivity contribution in [3.63, 3.8) is 0 Å². The van der Waals surface area contributed by atoms with Crippen molar-refractivity contribution >= 4 is 11.4 Å². The molecule has 1 aliphatic heterocycles. The van der Waals surface area contributed by atoms with Crippen molar-refractivity contribution in [3.8, 4) is 11.1 Å². The van der Waals surface area contributed by atoms with E-state index in [4.69, 9.17) is 9.73 Å². The Morgan fingerprint density at radius 1 is 0.725 bits per heavy atom. The van der Waals surface area contributed by atoms with Gasteiger partial charge in [-0.2, -0.15) is 0 Å². The molecule has 2 nitrogen and oxygen atoms in total. The molecule has 0 spiro atoms. The molecule has 0 radical (unpaired) electrons. The van der Waals surface area contributed by atoms with Crippen molar-refractivity contribution in [2.24, 2.45) is 16.8 Å². The summed E-state index contributed by atoms with van der Waals surface area (Å²) in [7, 11) is 1.76. The highest BCUT2D eigenvalue weighted by Gasteiger charge is 2.35. The smallest absolute Gasteiger partial charge is 0.0793 e. The highest BCUT2D eigenvalue weighted by Crippen LogP contribution is 2.45. The molecule has 1 heterocycles. The molecule has 0 N–H and O–H groups in total. The zero-order chi connectivity index (χ0) is 28.2. The minimum absolute atomic E-state index is 0.0638. The Morgan fingerprint density at radius 3 is 1.85 bits per heavy atom. The van der Waals surface area contributed by atoms with Crippen molar-refractivity contribution in [2.45, 2.75) is 53.1 Å². The molecule has 204 valence electrons. The number of allylic oxidation sites excluding steroid dienone is 1. The number of hydrogen-bond donors (Lipinski definition) is 0. The Kier molecular flexibility index (Phi) is 8.47. The highest BCUT2D eigenvalue weighted by molar-refractivity contribution is 6.06. The molecule has 0 aromatic heterocycles. The quantitative estimate of drug-likeness (QED) is 0.234. The average Bonchev–Trinajstić information content (AvgIpc) is 3.11. The van der Waals surface area contributed by atoms with Crippen LogP contribution in [0.25, 0.3) is 16.8 Å². The lowest BCUT2D eigenvalue weighted by Gasteiger charge is -2.32. The van der Waals surface area contributed by atoms with Gasteiger partial charge in [-0.25, -0.2) is 0 Å². The van der Waals surface area contributed by atoms with E-state index < -0.39 is 0 Å². The third kappa shape index (κ3) is 5.60. The average molecular weight is 528 g/mol. The summed E-state index contributed by atoms with van der Waals surface area (Å²) in [6, 6.07) is 37.6. The van der Waals surface area contributed by atoms with Crippen LogP contribution in [0.4, 0.5) is 0 Å². The lowest BCUT2D eigenvalue weighted by molar-refractivity contribution is 0.119. The number of nitrogens with zero attached hydrogens (tertiary/aromatic N) is 1. The highest BCUT2D eigenvalue weighted by atomic mass is 16.5. The summed E-state index contributed by atoms with van der Waals surface area (Å²) in [5.74, 6) is 0.974. The largest absolute Gasteiger partial charge is 0.377 e. The van der Waals surface area contributed by atoms with E-state index in [0.717, 1.165) is 12.1 Å². The number of aryl methyl sites for hydroxylation is 1. The van der Waals surface area contributed by atoms with Crippen LogP contribution in [0.1, 0.15) is 74.0 Å². The predicted molar refractivity (Wildman–Crippen MR) is 170 cm³/mol. The Bertz CT molecular complexity index is 1480. The first-order valence-corrected chi connectivity index (χ1v) is 14.6. The topological polar surface area (TPSA) is 21.6 Å². The molecule has 3 unspecified atom stereocenters. The fraction of sp³-hybridized carbons (Fsp3) is 0.289. The van der Waals surface area contributed by atoms with Gasteiger partial charge in [-0.15, -0.1) is 0 Å². The number of hydrogen-bond acceptors (Lipinski definition) is 2. The van der Waals surface area contributed by atoms with Gasteiger partial charge in [0, 0.05) is 18.6 Å². The van der Waals surface area contributed by atoms with Crippen molar-refractivity contribution in [1.29, 1.82) is 0 Å². The molecule has 0 saturated carbocycles. The van der Waals surface area contributed by atoms with Gasteiger partial charge in [-0.05, 0) is 72.4 Å². The summed E-state index contributed by atoms with van der Waals surface area (Å²) in [6.07, 6.45) is 1.08. The van der Waals surface area contributed by atoms with Gasteiger partial charge in [-0.3, -0.25) is 4.99 Å².